The number of ether oxygens (including phenoxy) is 2. The summed E-state index contributed by atoms with van der Waals surface area (Å²) >= 11 is 9.48. The van der Waals surface area contributed by atoms with Gasteiger partial charge in [-0.15, -0.1) is 0 Å². The average molecular weight is 374 g/mol. The van der Waals surface area contributed by atoms with Gasteiger partial charge in [0.05, 0.1) is 14.2 Å². The molecule has 0 amide bonds. The molecule has 0 radical (unpaired) electrons. The number of hydrogen-bond donors (Lipinski definition) is 0. The van der Waals surface area contributed by atoms with Crippen molar-refractivity contribution >= 4 is 39.5 Å². The van der Waals surface area contributed by atoms with E-state index in [1.54, 1.807) is 24.3 Å². The summed E-state index contributed by atoms with van der Waals surface area (Å²) in [6.07, 6.45) is 0. The van der Waals surface area contributed by atoms with Crippen molar-refractivity contribution < 1.29 is 23.5 Å². The maximum Gasteiger partial charge on any atom is 0.374 e. The minimum absolute atomic E-state index is 0.00423. The summed E-state index contributed by atoms with van der Waals surface area (Å²) in [6, 6.07) is 7.03. The van der Waals surface area contributed by atoms with Crippen LogP contribution in [0.1, 0.15) is 20.9 Å². The number of rotatable bonds is 3. The Morgan fingerprint density at radius 1 is 1.10 bits per heavy atom. The largest absolute Gasteiger partial charge is 0.465 e. The molecule has 0 saturated heterocycles. The first-order valence-electron chi connectivity index (χ1n) is 5.74. The summed E-state index contributed by atoms with van der Waals surface area (Å²) in [5.41, 5.74) is 0.465. The summed E-state index contributed by atoms with van der Waals surface area (Å²) in [6.45, 7) is 0. The molecule has 0 aliphatic heterocycles. The number of furan rings is 1. The standard InChI is InChI=1S/C14H10BrClO5/c1-19-13(17)9-10(16)11(21-12(9)14(18)20-2)7-3-5-8(15)6-4-7/h3-6H,1-2H3. The smallest absolute Gasteiger partial charge is 0.374 e. The van der Waals surface area contributed by atoms with Gasteiger partial charge in [-0.2, -0.15) is 0 Å². The first-order chi connectivity index (χ1) is 9.99. The molecule has 0 aliphatic rings. The Morgan fingerprint density at radius 2 is 1.67 bits per heavy atom. The number of benzene rings is 1. The number of carbonyl (C=O) groups is 2. The van der Waals surface area contributed by atoms with Gasteiger partial charge < -0.3 is 13.9 Å². The van der Waals surface area contributed by atoms with Gasteiger partial charge in [0.15, 0.2) is 5.76 Å². The lowest BCUT2D eigenvalue weighted by Gasteiger charge is -1.99. The molecule has 0 saturated carbocycles. The highest BCUT2D eigenvalue weighted by Gasteiger charge is 2.30. The number of halogens is 2. The van der Waals surface area contributed by atoms with Crippen LogP contribution in [-0.2, 0) is 9.47 Å². The van der Waals surface area contributed by atoms with Crippen molar-refractivity contribution in [1.82, 2.24) is 0 Å². The number of hydrogen-bond acceptors (Lipinski definition) is 5. The molecule has 0 atom stereocenters. The van der Waals surface area contributed by atoms with Crippen molar-refractivity contribution in [3.8, 4) is 11.3 Å². The van der Waals surface area contributed by atoms with Crippen molar-refractivity contribution in [3.63, 3.8) is 0 Å². The van der Waals surface area contributed by atoms with Crippen molar-refractivity contribution in [2.45, 2.75) is 0 Å². The Morgan fingerprint density at radius 3 is 2.19 bits per heavy atom. The van der Waals surface area contributed by atoms with Crippen LogP contribution >= 0.6 is 27.5 Å². The Kier molecular flexibility index (Phi) is 4.69. The quantitative estimate of drug-likeness (QED) is 0.763. The predicted molar refractivity (Wildman–Crippen MR) is 79.5 cm³/mol. The van der Waals surface area contributed by atoms with Gasteiger partial charge in [-0.3, -0.25) is 0 Å². The maximum absolute atomic E-state index is 11.8. The molecule has 0 bridgehead atoms. The molecular formula is C14H10BrClO5. The molecule has 2 aromatic rings. The number of methoxy groups -OCH3 is 2. The third kappa shape index (κ3) is 2.96. The highest BCUT2D eigenvalue weighted by atomic mass is 79.9. The van der Waals surface area contributed by atoms with Crippen molar-refractivity contribution in [2.75, 3.05) is 14.2 Å². The average Bonchev–Trinajstić information content (AvgIpc) is 2.84. The molecule has 0 spiro atoms. The van der Waals surface area contributed by atoms with Gasteiger partial charge in [-0.25, -0.2) is 9.59 Å². The highest BCUT2D eigenvalue weighted by Crippen LogP contribution is 2.36. The summed E-state index contributed by atoms with van der Waals surface area (Å²) in [4.78, 5) is 23.5. The summed E-state index contributed by atoms with van der Waals surface area (Å²) in [5.74, 6) is -1.66. The van der Waals surface area contributed by atoms with Crippen molar-refractivity contribution in [2.24, 2.45) is 0 Å². The van der Waals surface area contributed by atoms with E-state index in [1.807, 2.05) is 0 Å². The minimum Gasteiger partial charge on any atom is -0.465 e. The summed E-state index contributed by atoms with van der Waals surface area (Å²) in [7, 11) is 2.37. The van der Waals surface area contributed by atoms with Gasteiger partial charge >= 0.3 is 11.9 Å². The normalized spacial score (nSPS) is 10.3. The van der Waals surface area contributed by atoms with E-state index in [-0.39, 0.29) is 22.1 Å². The molecule has 5 nitrogen and oxygen atoms in total. The van der Waals surface area contributed by atoms with Gasteiger partial charge in [0.25, 0.3) is 0 Å². The van der Waals surface area contributed by atoms with E-state index in [0.717, 1.165) is 4.47 Å². The van der Waals surface area contributed by atoms with Crippen LogP contribution in [0.15, 0.2) is 33.2 Å². The van der Waals surface area contributed by atoms with Gasteiger partial charge in [-0.1, -0.05) is 39.7 Å². The van der Waals surface area contributed by atoms with E-state index in [9.17, 15) is 9.59 Å². The van der Waals surface area contributed by atoms with Crippen LogP contribution in [0.5, 0.6) is 0 Å². The van der Waals surface area contributed by atoms with Gasteiger partial charge in [0, 0.05) is 10.0 Å². The number of carbonyl (C=O) groups excluding carboxylic acids is 2. The van der Waals surface area contributed by atoms with Crippen LogP contribution in [-0.4, -0.2) is 26.2 Å². The fraction of sp³-hybridized carbons (Fsp3) is 0.143. The molecular weight excluding hydrogens is 364 g/mol. The van der Waals surface area contributed by atoms with E-state index in [2.05, 4.69) is 25.4 Å². The van der Waals surface area contributed by atoms with E-state index in [4.69, 9.17) is 16.0 Å². The fourth-order valence-electron chi connectivity index (χ4n) is 1.72. The predicted octanol–water partition coefficient (Wildman–Crippen LogP) is 3.94. The summed E-state index contributed by atoms with van der Waals surface area (Å²) < 4.78 is 15.5. The second-order valence-electron chi connectivity index (χ2n) is 3.94. The van der Waals surface area contributed by atoms with E-state index in [1.165, 1.54) is 14.2 Å². The Balaban J connectivity index is 2.63. The zero-order valence-electron chi connectivity index (χ0n) is 11.1. The first-order valence-corrected chi connectivity index (χ1v) is 6.91. The third-order valence-electron chi connectivity index (χ3n) is 2.72. The molecule has 1 aromatic carbocycles. The van der Waals surface area contributed by atoms with Crippen LogP contribution in [0.4, 0.5) is 0 Å². The third-order valence-corrected chi connectivity index (χ3v) is 3.61. The van der Waals surface area contributed by atoms with Crippen molar-refractivity contribution in [3.05, 3.63) is 45.1 Å². The van der Waals surface area contributed by atoms with Gasteiger partial charge in [0.2, 0.25) is 5.76 Å². The molecule has 1 heterocycles. The molecule has 1 aromatic heterocycles. The second-order valence-corrected chi connectivity index (χ2v) is 5.23. The SMILES string of the molecule is COC(=O)c1oc(-c2ccc(Br)cc2)c(Cl)c1C(=O)OC. The van der Waals surface area contributed by atoms with E-state index >= 15 is 0 Å². The zero-order valence-corrected chi connectivity index (χ0v) is 13.4. The molecule has 7 heteroatoms. The minimum atomic E-state index is -0.805. The van der Waals surface area contributed by atoms with Crippen molar-refractivity contribution in [1.29, 1.82) is 0 Å². The zero-order chi connectivity index (χ0) is 15.6. The van der Waals surface area contributed by atoms with Crippen LogP contribution in [0.2, 0.25) is 5.02 Å². The molecule has 0 unspecified atom stereocenters. The molecule has 21 heavy (non-hydrogen) atoms. The molecule has 2 rings (SSSR count). The summed E-state index contributed by atoms with van der Waals surface area (Å²) in [5, 5.41) is 0.00423. The Hall–Kier alpha value is -1.79. The Bertz CT molecular complexity index is 690. The topological polar surface area (TPSA) is 65.7 Å². The van der Waals surface area contributed by atoms with Crippen LogP contribution in [0, 0.1) is 0 Å². The van der Waals surface area contributed by atoms with Gasteiger partial charge in [-0.05, 0) is 12.1 Å². The van der Waals surface area contributed by atoms with Crippen LogP contribution < -0.4 is 0 Å². The molecule has 0 N–H and O–H groups in total. The number of esters is 2. The van der Waals surface area contributed by atoms with E-state index < -0.39 is 11.9 Å². The monoisotopic (exact) mass is 372 g/mol. The van der Waals surface area contributed by atoms with Crippen LogP contribution in [0.25, 0.3) is 11.3 Å². The molecule has 0 aliphatic carbocycles. The molecule has 0 fully saturated rings. The second kappa shape index (κ2) is 6.32. The highest BCUT2D eigenvalue weighted by molar-refractivity contribution is 9.10. The van der Waals surface area contributed by atoms with Gasteiger partial charge in [0.1, 0.15) is 10.6 Å². The molecule has 110 valence electrons. The lowest BCUT2D eigenvalue weighted by Crippen LogP contribution is -2.09. The lowest BCUT2D eigenvalue weighted by atomic mass is 10.1. The first kappa shape index (κ1) is 15.6. The maximum atomic E-state index is 11.8. The fourth-order valence-corrected chi connectivity index (χ4v) is 2.29. The van der Waals surface area contributed by atoms with Crippen LogP contribution in [0.3, 0.4) is 0 Å². The lowest BCUT2D eigenvalue weighted by molar-refractivity contribution is 0.0529. The van der Waals surface area contributed by atoms with E-state index in [0.29, 0.717) is 5.56 Å². The Labute approximate surface area is 133 Å².